The summed E-state index contributed by atoms with van der Waals surface area (Å²) in [5, 5.41) is 9.91. The molecule has 0 bridgehead atoms. The molecule has 0 aliphatic carbocycles. The lowest BCUT2D eigenvalue weighted by molar-refractivity contribution is 0.0713. The van der Waals surface area contributed by atoms with Gasteiger partial charge in [-0.25, -0.2) is 0 Å². The van der Waals surface area contributed by atoms with Gasteiger partial charge in [0, 0.05) is 12.6 Å². The van der Waals surface area contributed by atoms with Gasteiger partial charge < -0.3 is 14.7 Å². The molecular weight excluding hydrogens is 218 g/mol. The number of rotatable bonds is 4. The van der Waals surface area contributed by atoms with Crippen molar-refractivity contribution in [2.75, 3.05) is 13.7 Å². The van der Waals surface area contributed by atoms with Crippen molar-refractivity contribution in [3.63, 3.8) is 0 Å². The summed E-state index contributed by atoms with van der Waals surface area (Å²) in [6.45, 7) is 6.40. The molecule has 0 aromatic heterocycles. The first-order valence-electron chi connectivity index (χ1n) is 5.69. The summed E-state index contributed by atoms with van der Waals surface area (Å²) in [7, 11) is 1.46. The number of ether oxygens (including phenoxy) is 1. The highest BCUT2D eigenvalue weighted by Gasteiger charge is 2.21. The second-order valence-corrected chi connectivity index (χ2v) is 4.04. The molecule has 0 saturated heterocycles. The van der Waals surface area contributed by atoms with Gasteiger partial charge in [0.25, 0.3) is 5.91 Å². The van der Waals surface area contributed by atoms with E-state index in [4.69, 9.17) is 4.74 Å². The van der Waals surface area contributed by atoms with Gasteiger partial charge in [-0.1, -0.05) is 6.07 Å². The van der Waals surface area contributed by atoms with Crippen LogP contribution in [0.1, 0.15) is 31.1 Å². The molecule has 1 aromatic rings. The predicted molar refractivity (Wildman–Crippen MR) is 66.5 cm³/mol. The lowest BCUT2D eigenvalue weighted by Gasteiger charge is -2.25. The van der Waals surface area contributed by atoms with Gasteiger partial charge in [0.1, 0.15) is 0 Å². The van der Waals surface area contributed by atoms with Crippen molar-refractivity contribution in [1.82, 2.24) is 4.90 Å². The number of aromatic hydroxyl groups is 1. The highest BCUT2D eigenvalue weighted by atomic mass is 16.5. The van der Waals surface area contributed by atoms with Gasteiger partial charge in [-0.05, 0) is 32.9 Å². The van der Waals surface area contributed by atoms with Crippen LogP contribution in [0, 0.1) is 0 Å². The van der Waals surface area contributed by atoms with Gasteiger partial charge in [0.05, 0.1) is 12.7 Å². The van der Waals surface area contributed by atoms with Crippen LogP contribution in [-0.4, -0.2) is 35.6 Å². The Hall–Kier alpha value is -1.71. The first-order valence-corrected chi connectivity index (χ1v) is 5.69. The summed E-state index contributed by atoms with van der Waals surface area (Å²) < 4.78 is 4.99. The number of hydrogen-bond acceptors (Lipinski definition) is 3. The topological polar surface area (TPSA) is 49.8 Å². The molecular formula is C13H19NO3. The number of methoxy groups -OCH3 is 1. The lowest BCUT2D eigenvalue weighted by atomic mass is 10.1. The van der Waals surface area contributed by atoms with Gasteiger partial charge in [-0.15, -0.1) is 0 Å². The molecule has 1 rings (SSSR count). The van der Waals surface area contributed by atoms with Gasteiger partial charge >= 0.3 is 0 Å². The molecule has 0 radical (unpaired) electrons. The van der Waals surface area contributed by atoms with E-state index in [1.54, 1.807) is 23.1 Å². The molecule has 1 aromatic carbocycles. The Kier molecular flexibility index (Phi) is 4.37. The zero-order valence-electron chi connectivity index (χ0n) is 10.7. The molecule has 4 nitrogen and oxygen atoms in total. The summed E-state index contributed by atoms with van der Waals surface area (Å²) in [5.74, 6) is 0.0358. The zero-order valence-corrected chi connectivity index (χ0v) is 10.7. The molecule has 0 atom stereocenters. The minimum Gasteiger partial charge on any atom is -0.504 e. The van der Waals surface area contributed by atoms with Crippen molar-refractivity contribution in [2.45, 2.75) is 26.8 Å². The number of nitrogens with zero attached hydrogens (tertiary/aromatic N) is 1. The van der Waals surface area contributed by atoms with Crippen LogP contribution < -0.4 is 4.74 Å². The monoisotopic (exact) mass is 237 g/mol. The Bertz CT molecular complexity index is 402. The number of amides is 1. The van der Waals surface area contributed by atoms with Gasteiger partial charge in [0.15, 0.2) is 11.5 Å². The Morgan fingerprint density at radius 1 is 1.47 bits per heavy atom. The quantitative estimate of drug-likeness (QED) is 0.874. The summed E-state index contributed by atoms with van der Waals surface area (Å²) >= 11 is 0. The maximum atomic E-state index is 12.2. The van der Waals surface area contributed by atoms with E-state index in [2.05, 4.69) is 0 Å². The van der Waals surface area contributed by atoms with Gasteiger partial charge in [0.2, 0.25) is 0 Å². The van der Waals surface area contributed by atoms with Crippen molar-refractivity contribution in [3.05, 3.63) is 23.8 Å². The smallest absolute Gasteiger partial charge is 0.257 e. The van der Waals surface area contributed by atoms with Crippen molar-refractivity contribution in [3.8, 4) is 11.5 Å². The molecule has 0 aliphatic rings. The largest absolute Gasteiger partial charge is 0.504 e. The summed E-state index contributed by atoms with van der Waals surface area (Å²) in [6.07, 6.45) is 0. The predicted octanol–water partition coefficient (Wildman–Crippen LogP) is 2.27. The summed E-state index contributed by atoms with van der Waals surface area (Å²) in [5.41, 5.74) is 0.278. The van der Waals surface area contributed by atoms with Gasteiger partial charge in [-0.2, -0.15) is 0 Å². The average Bonchev–Trinajstić information content (AvgIpc) is 2.29. The minimum absolute atomic E-state index is 0.0955. The molecule has 0 saturated carbocycles. The first kappa shape index (κ1) is 13.4. The first-order chi connectivity index (χ1) is 8.02. The van der Waals surface area contributed by atoms with E-state index in [-0.39, 0.29) is 23.3 Å². The van der Waals surface area contributed by atoms with Crippen LogP contribution in [0.2, 0.25) is 0 Å². The van der Waals surface area contributed by atoms with Crippen molar-refractivity contribution in [1.29, 1.82) is 0 Å². The Balaban J connectivity index is 3.11. The van der Waals surface area contributed by atoms with Crippen LogP contribution in [0.15, 0.2) is 18.2 Å². The SMILES string of the molecule is CCN(C(=O)c1cccc(OC)c1O)C(C)C. The number of carbonyl (C=O) groups is 1. The van der Waals surface area contributed by atoms with E-state index < -0.39 is 0 Å². The molecule has 1 amide bonds. The van der Waals surface area contributed by atoms with Crippen LogP contribution in [-0.2, 0) is 0 Å². The van der Waals surface area contributed by atoms with Crippen LogP contribution >= 0.6 is 0 Å². The molecule has 0 spiro atoms. The standard InChI is InChI=1S/C13H19NO3/c1-5-14(9(2)3)13(16)10-7-6-8-11(17-4)12(10)15/h6-9,15H,5H2,1-4H3. The summed E-state index contributed by atoms with van der Waals surface area (Å²) in [4.78, 5) is 13.9. The fraction of sp³-hybridized carbons (Fsp3) is 0.462. The minimum atomic E-state index is -0.182. The number of benzene rings is 1. The maximum absolute atomic E-state index is 12.2. The lowest BCUT2D eigenvalue weighted by Crippen LogP contribution is -2.36. The Labute approximate surface area is 102 Å². The number of phenols is 1. The molecule has 0 unspecified atom stereocenters. The zero-order chi connectivity index (χ0) is 13.0. The maximum Gasteiger partial charge on any atom is 0.257 e. The number of hydrogen-bond donors (Lipinski definition) is 1. The highest BCUT2D eigenvalue weighted by Crippen LogP contribution is 2.30. The molecule has 0 fully saturated rings. The normalized spacial score (nSPS) is 10.4. The van der Waals surface area contributed by atoms with Crippen molar-refractivity contribution < 1.29 is 14.6 Å². The van der Waals surface area contributed by atoms with Crippen molar-refractivity contribution in [2.24, 2.45) is 0 Å². The number of carbonyl (C=O) groups excluding carboxylic acids is 1. The van der Waals surface area contributed by atoms with Crippen LogP contribution in [0.5, 0.6) is 11.5 Å². The highest BCUT2D eigenvalue weighted by molar-refractivity contribution is 5.97. The molecule has 0 aliphatic heterocycles. The summed E-state index contributed by atoms with van der Waals surface area (Å²) in [6, 6.07) is 5.02. The molecule has 17 heavy (non-hydrogen) atoms. The average molecular weight is 237 g/mol. The van der Waals surface area contributed by atoms with Gasteiger partial charge in [-0.3, -0.25) is 4.79 Å². The van der Waals surface area contributed by atoms with E-state index in [0.29, 0.717) is 12.3 Å². The van der Waals surface area contributed by atoms with Crippen LogP contribution in [0.4, 0.5) is 0 Å². The van der Waals surface area contributed by atoms with Crippen LogP contribution in [0.25, 0.3) is 0 Å². The fourth-order valence-corrected chi connectivity index (χ4v) is 1.76. The third-order valence-electron chi connectivity index (χ3n) is 2.67. The molecule has 1 N–H and O–H groups in total. The van der Waals surface area contributed by atoms with E-state index in [9.17, 15) is 9.90 Å². The van der Waals surface area contributed by atoms with E-state index in [1.807, 2.05) is 20.8 Å². The second-order valence-electron chi connectivity index (χ2n) is 4.04. The molecule has 4 heteroatoms. The fourth-order valence-electron chi connectivity index (χ4n) is 1.76. The van der Waals surface area contributed by atoms with Crippen molar-refractivity contribution >= 4 is 5.91 Å². The Morgan fingerprint density at radius 3 is 2.59 bits per heavy atom. The Morgan fingerprint density at radius 2 is 2.12 bits per heavy atom. The molecule has 0 heterocycles. The van der Waals surface area contributed by atoms with E-state index in [0.717, 1.165) is 0 Å². The number of phenolic OH excluding ortho intramolecular Hbond substituents is 1. The van der Waals surface area contributed by atoms with E-state index in [1.165, 1.54) is 7.11 Å². The second kappa shape index (κ2) is 5.57. The third kappa shape index (κ3) is 2.70. The third-order valence-corrected chi connectivity index (χ3v) is 2.67. The van der Waals surface area contributed by atoms with E-state index >= 15 is 0 Å². The molecule has 94 valence electrons. The van der Waals surface area contributed by atoms with Crippen LogP contribution in [0.3, 0.4) is 0 Å². The number of para-hydroxylation sites is 1.